The number of fused-ring (bicyclic) bond motifs is 1. The Morgan fingerprint density at radius 2 is 1.79 bits per heavy atom. The lowest BCUT2D eigenvalue weighted by Gasteiger charge is -2.49. The van der Waals surface area contributed by atoms with Crippen LogP contribution in [0.3, 0.4) is 0 Å². The van der Waals surface area contributed by atoms with Gasteiger partial charge < -0.3 is 19.1 Å². The van der Waals surface area contributed by atoms with Gasteiger partial charge in [-0.3, -0.25) is 9.51 Å². The second-order valence-corrected chi connectivity index (χ2v) is 13.1. The molecule has 8 rings (SSSR count). The average molecular weight is 585 g/mol. The van der Waals surface area contributed by atoms with E-state index in [4.69, 9.17) is 24.2 Å². The van der Waals surface area contributed by atoms with Gasteiger partial charge in [0.1, 0.15) is 5.52 Å². The van der Waals surface area contributed by atoms with Crippen LogP contribution >= 0.6 is 0 Å². The van der Waals surface area contributed by atoms with Crippen LogP contribution in [0.4, 0.5) is 11.8 Å². The van der Waals surface area contributed by atoms with Crippen molar-refractivity contribution in [3.05, 3.63) is 46.4 Å². The van der Waals surface area contributed by atoms with E-state index in [0.717, 1.165) is 42.8 Å². The Bertz CT molecular complexity index is 1640. The van der Waals surface area contributed by atoms with E-state index < -0.39 is 5.76 Å². The molecule has 5 heterocycles. The molecule has 2 atom stereocenters. The Morgan fingerprint density at radius 1 is 0.953 bits per heavy atom. The van der Waals surface area contributed by atoms with Crippen LogP contribution in [-0.2, 0) is 11.3 Å². The third-order valence-electron chi connectivity index (χ3n) is 10.4. The highest BCUT2D eigenvalue weighted by Crippen LogP contribution is 2.44. The highest BCUT2D eigenvalue weighted by molar-refractivity contribution is 5.88. The smallest absolute Gasteiger partial charge is 0.377 e. The molecule has 1 N–H and O–H groups in total. The maximum absolute atomic E-state index is 11.9. The maximum atomic E-state index is 11.9. The summed E-state index contributed by atoms with van der Waals surface area (Å²) in [5.41, 5.74) is 2.85. The van der Waals surface area contributed by atoms with Crippen LogP contribution in [-0.4, -0.2) is 62.0 Å². The van der Waals surface area contributed by atoms with Crippen molar-refractivity contribution in [1.82, 2.24) is 29.7 Å². The second-order valence-electron chi connectivity index (χ2n) is 13.1. The molecule has 0 radical (unpaired) electrons. The molecule has 0 amide bonds. The Morgan fingerprint density at radius 3 is 2.49 bits per heavy atom. The van der Waals surface area contributed by atoms with Crippen LogP contribution in [0.5, 0.6) is 0 Å². The standard InChI is InChI=1S/C32H40N8O3/c1-20-10-12-21(13-11-20)18-40-26-27(35-31(40)39-16-17-42-19-25(39)23-6-3-2-4-7-23)33-28(29-36-32(41)43-37-29)34-30(26)38-15-14-24(38)22-8-5-9-22/h2-4,6-7,20-22,24-25H,5,8-19H2,1H3,(H,36,37,41)/t20?,21?,24-,25+/m1/s1. The average Bonchev–Trinajstić information content (AvgIpc) is 3.59. The molecule has 226 valence electrons. The van der Waals surface area contributed by atoms with Crippen molar-refractivity contribution < 1.29 is 9.26 Å². The number of aromatic nitrogens is 6. The quantitative estimate of drug-likeness (QED) is 0.322. The molecule has 1 aromatic carbocycles. The van der Waals surface area contributed by atoms with E-state index in [-0.39, 0.29) is 11.9 Å². The van der Waals surface area contributed by atoms with E-state index in [2.05, 4.69) is 61.8 Å². The molecule has 2 saturated carbocycles. The van der Waals surface area contributed by atoms with Crippen LogP contribution in [0, 0.1) is 17.8 Å². The first-order chi connectivity index (χ1) is 21.1. The van der Waals surface area contributed by atoms with Crippen LogP contribution in [0.1, 0.15) is 69.9 Å². The zero-order valence-corrected chi connectivity index (χ0v) is 24.8. The number of nitrogens with one attached hydrogen (secondary N) is 1. The Balaban J connectivity index is 1.30. The minimum absolute atomic E-state index is 0.0476. The minimum atomic E-state index is -0.617. The van der Waals surface area contributed by atoms with Crippen molar-refractivity contribution in [2.75, 3.05) is 36.1 Å². The van der Waals surface area contributed by atoms with Gasteiger partial charge in [0.05, 0.1) is 19.3 Å². The molecule has 2 aliphatic heterocycles. The Labute approximate surface area is 250 Å². The van der Waals surface area contributed by atoms with Gasteiger partial charge in [0.25, 0.3) is 0 Å². The van der Waals surface area contributed by atoms with Crippen molar-refractivity contribution in [3.8, 4) is 11.6 Å². The highest BCUT2D eigenvalue weighted by Gasteiger charge is 2.41. The van der Waals surface area contributed by atoms with Gasteiger partial charge in [0.15, 0.2) is 11.5 Å². The monoisotopic (exact) mass is 584 g/mol. The number of hydrogen-bond donors (Lipinski definition) is 1. The van der Waals surface area contributed by atoms with Gasteiger partial charge >= 0.3 is 5.76 Å². The number of benzene rings is 1. The van der Waals surface area contributed by atoms with Gasteiger partial charge in [-0.2, -0.15) is 4.98 Å². The predicted octanol–water partition coefficient (Wildman–Crippen LogP) is 4.95. The summed E-state index contributed by atoms with van der Waals surface area (Å²) in [6.07, 6.45) is 9.99. The Kier molecular flexibility index (Phi) is 6.92. The second kappa shape index (κ2) is 11.1. The van der Waals surface area contributed by atoms with Crippen LogP contribution in [0.15, 0.2) is 39.6 Å². The molecule has 4 fully saturated rings. The summed E-state index contributed by atoms with van der Waals surface area (Å²) < 4.78 is 13.3. The third kappa shape index (κ3) is 4.91. The largest absolute Gasteiger partial charge is 0.439 e. The number of hydrogen-bond acceptors (Lipinski definition) is 9. The van der Waals surface area contributed by atoms with E-state index in [1.54, 1.807) is 0 Å². The number of imidazole rings is 1. The fourth-order valence-corrected chi connectivity index (χ4v) is 7.58. The summed E-state index contributed by atoms with van der Waals surface area (Å²) in [5.74, 6) is 3.85. The summed E-state index contributed by atoms with van der Waals surface area (Å²) in [6, 6.07) is 11.1. The zero-order chi connectivity index (χ0) is 28.9. The maximum Gasteiger partial charge on any atom is 0.439 e. The van der Waals surface area contributed by atoms with E-state index in [9.17, 15) is 4.79 Å². The Hall–Kier alpha value is -3.73. The number of H-pyrrole nitrogens is 1. The molecule has 11 heteroatoms. The summed E-state index contributed by atoms with van der Waals surface area (Å²) in [5, 5.41) is 3.94. The van der Waals surface area contributed by atoms with E-state index in [1.165, 1.54) is 56.9 Å². The fraction of sp³-hybridized carbons (Fsp3) is 0.594. The lowest BCUT2D eigenvalue weighted by molar-refractivity contribution is 0.0927. The van der Waals surface area contributed by atoms with Gasteiger partial charge in [-0.05, 0) is 55.4 Å². The van der Waals surface area contributed by atoms with Gasteiger partial charge in [0, 0.05) is 25.7 Å². The van der Waals surface area contributed by atoms with Crippen LogP contribution in [0.2, 0.25) is 0 Å². The first-order valence-corrected chi connectivity index (χ1v) is 16.1. The first-order valence-electron chi connectivity index (χ1n) is 16.1. The summed E-state index contributed by atoms with van der Waals surface area (Å²) in [6.45, 7) is 6.20. The molecule has 43 heavy (non-hydrogen) atoms. The molecular formula is C32H40N8O3. The molecule has 4 aliphatic rings. The van der Waals surface area contributed by atoms with Crippen LogP contribution < -0.4 is 15.6 Å². The molecule has 3 aromatic heterocycles. The molecule has 0 spiro atoms. The van der Waals surface area contributed by atoms with Crippen molar-refractivity contribution >= 4 is 22.9 Å². The zero-order valence-electron chi connectivity index (χ0n) is 24.8. The normalized spacial score (nSPS) is 26.4. The van der Waals surface area contributed by atoms with E-state index in [0.29, 0.717) is 42.6 Å². The minimum Gasteiger partial charge on any atom is -0.377 e. The van der Waals surface area contributed by atoms with Crippen molar-refractivity contribution in [2.45, 2.75) is 76.9 Å². The van der Waals surface area contributed by atoms with Crippen molar-refractivity contribution in [3.63, 3.8) is 0 Å². The van der Waals surface area contributed by atoms with Crippen LogP contribution in [0.25, 0.3) is 22.8 Å². The third-order valence-corrected chi connectivity index (χ3v) is 10.4. The van der Waals surface area contributed by atoms with Gasteiger partial charge in [-0.25, -0.2) is 14.8 Å². The topological polar surface area (TPSA) is 118 Å². The van der Waals surface area contributed by atoms with Gasteiger partial charge in [-0.15, -0.1) is 0 Å². The van der Waals surface area contributed by atoms with Gasteiger partial charge in [0.2, 0.25) is 17.6 Å². The number of aromatic amines is 1. The first kappa shape index (κ1) is 26.9. The number of morpholine rings is 1. The predicted molar refractivity (Wildman–Crippen MR) is 163 cm³/mol. The molecule has 0 bridgehead atoms. The molecule has 4 aromatic rings. The lowest BCUT2D eigenvalue weighted by atomic mass is 9.75. The molecular weight excluding hydrogens is 544 g/mol. The molecule has 0 unspecified atom stereocenters. The number of anilines is 2. The van der Waals surface area contributed by atoms with E-state index >= 15 is 0 Å². The lowest BCUT2D eigenvalue weighted by Crippen LogP contribution is -2.54. The molecule has 11 nitrogen and oxygen atoms in total. The molecule has 2 aliphatic carbocycles. The highest BCUT2D eigenvalue weighted by atomic mass is 16.5. The fourth-order valence-electron chi connectivity index (χ4n) is 7.58. The van der Waals surface area contributed by atoms with Crippen molar-refractivity contribution in [1.29, 1.82) is 0 Å². The number of ether oxygens (including phenoxy) is 1. The number of nitrogens with zero attached hydrogens (tertiary/aromatic N) is 7. The van der Waals surface area contributed by atoms with Gasteiger partial charge in [-0.1, -0.05) is 61.7 Å². The summed E-state index contributed by atoms with van der Waals surface area (Å²) in [4.78, 5) is 34.8. The summed E-state index contributed by atoms with van der Waals surface area (Å²) in [7, 11) is 0. The number of rotatable bonds is 7. The SMILES string of the molecule is CC1CCC(Cn2c(N3CCOC[C@H]3c3ccccc3)nc3nc(-c4noc(=O)[nH]4)nc(N4CC[C@@H]4C4CCC4)c32)CC1. The van der Waals surface area contributed by atoms with E-state index in [1.807, 2.05) is 0 Å². The summed E-state index contributed by atoms with van der Waals surface area (Å²) >= 11 is 0. The molecule has 2 saturated heterocycles. The van der Waals surface area contributed by atoms with Crippen molar-refractivity contribution in [2.24, 2.45) is 17.8 Å².